The Kier molecular flexibility index (Phi) is 6.13. The van der Waals surface area contributed by atoms with Gasteiger partial charge >= 0.3 is 0 Å². The Balaban J connectivity index is 1.77. The van der Waals surface area contributed by atoms with Crippen LogP contribution in [0.2, 0.25) is 15.1 Å². The van der Waals surface area contributed by atoms with Crippen LogP contribution in [-0.2, 0) is 4.79 Å². The van der Waals surface area contributed by atoms with Crippen molar-refractivity contribution in [2.24, 2.45) is 0 Å². The van der Waals surface area contributed by atoms with Crippen molar-refractivity contribution in [3.05, 3.63) is 62.6 Å². The third kappa shape index (κ3) is 4.66. The van der Waals surface area contributed by atoms with Crippen molar-refractivity contribution in [2.75, 3.05) is 11.1 Å². The summed E-state index contributed by atoms with van der Waals surface area (Å²) in [5.41, 5.74) is 2.66. The van der Waals surface area contributed by atoms with E-state index in [2.05, 4.69) is 16.4 Å². The first kappa shape index (κ1) is 19.8. The molecule has 0 atom stereocenters. The number of nitrogens with zero attached hydrogens (tertiary/aromatic N) is 2. The monoisotopic (exact) mass is 435 g/mol. The lowest BCUT2D eigenvalue weighted by molar-refractivity contribution is -0.113. The fourth-order valence-electron chi connectivity index (χ4n) is 2.39. The molecule has 0 aliphatic heterocycles. The van der Waals surface area contributed by atoms with E-state index >= 15 is 0 Å². The van der Waals surface area contributed by atoms with Gasteiger partial charge in [0.2, 0.25) is 5.91 Å². The summed E-state index contributed by atoms with van der Waals surface area (Å²) in [6.45, 7) is 1.97. The number of nitriles is 1. The molecule has 27 heavy (non-hydrogen) atoms. The van der Waals surface area contributed by atoms with Gasteiger partial charge in [0.1, 0.15) is 11.1 Å². The second kappa shape index (κ2) is 8.37. The van der Waals surface area contributed by atoms with E-state index in [4.69, 9.17) is 34.8 Å². The van der Waals surface area contributed by atoms with E-state index in [0.717, 1.165) is 16.5 Å². The third-order valence-electron chi connectivity index (χ3n) is 3.68. The summed E-state index contributed by atoms with van der Waals surface area (Å²) in [5.74, 6) is -0.231. The summed E-state index contributed by atoms with van der Waals surface area (Å²) in [4.78, 5) is 16.8. The van der Waals surface area contributed by atoms with E-state index in [9.17, 15) is 10.1 Å². The molecule has 0 aliphatic rings. The van der Waals surface area contributed by atoms with Crippen molar-refractivity contribution in [2.45, 2.75) is 11.9 Å². The highest BCUT2D eigenvalue weighted by Gasteiger charge is 2.13. The van der Waals surface area contributed by atoms with Gasteiger partial charge in [-0.25, -0.2) is 4.98 Å². The van der Waals surface area contributed by atoms with E-state index in [0.29, 0.717) is 31.3 Å². The van der Waals surface area contributed by atoms with E-state index < -0.39 is 0 Å². The van der Waals surface area contributed by atoms with Gasteiger partial charge in [-0.3, -0.25) is 4.79 Å². The maximum Gasteiger partial charge on any atom is 0.234 e. The Morgan fingerprint density at radius 1 is 1.15 bits per heavy atom. The van der Waals surface area contributed by atoms with Crippen molar-refractivity contribution in [3.8, 4) is 6.07 Å². The summed E-state index contributed by atoms with van der Waals surface area (Å²) < 4.78 is 0. The number of amides is 1. The number of anilines is 1. The average Bonchev–Trinajstić information content (AvgIpc) is 2.63. The Labute approximate surface area is 175 Å². The predicted molar refractivity (Wildman–Crippen MR) is 112 cm³/mol. The zero-order valence-corrected chi connectivity index (χ0v) is 17.1. The molecule has 3 rings (SSSR count). The molecule has 1 amide bonds. The number of aryl methyl sites for hydroxylation is 1. The van der Waals surface area contributed by atoms with Gasteiger partial charge in [-0.05, 0) is 36.8 Å². The number of hydrogen-bond donors (Lipinski definition) is 1. The zero-order chi connectivity index (χ0) is 19.6. The predicted octanol–water partition coefficient (Wildman–Crippen LogP) is 6.11. The molecule has 0 aliphatic carbocycles. The van der Waals surface area contributed by atoms with Crippen LogP contribution in [0, 0.1) is 18.3 Å². The largest absolute Gasteiger partial charge is 0.324 e. The third-order valence-corrected chi connectivity index (χ3v) is 5.71. The van der Waals surface area contributed by atoms with Crippen LogP contribution in [0.3, 0.4) is 0 Å². The molecular formula is C19H12Cl3N3OS. The van der Waals surface area contributed by atoms with Crippen molar-refractivity contribution in [3.63, 3.8) is 0 Å². The molecule has 1 heterocycles. The first-order valence-corrected chi connectivity index (χ1v) is 9.88. The van der Waals surface area contributed by atoms with Gasteiger partial charge in [0.05, 0.1) is 37.6 Å². The van der Waals surface area contributed by atoms with Gasteiger partial charge in [-0.1, -0.05) is 58.7 Å². The minimum atomic E-state index is -0.296. The van der Waals surface area contributed by atoms with Crippen LogP contribution < -0.4 is 5.32 Å². The first-order chi connectivity index (χ1) is 12.9. The van der Waals surface area contributed by atoms with Gasteiger partial charge < -0.3 is 5.32 Å². The lowest BCUT2D eigenvalue weighted by Gasteiger charge is -2.09. The topological polar surface area (TPSA) is 65.8 Å². The Bertz CT molecular complexity index is 1100. The number of carbonyl (C=O) groups is 1. The van der Waals surface area contributed by atoms with E-state index in [1.165, 1.54) is 23.9 Å². The summed E-state index contributed by atoms with van der Waals surface area (Å²) >= 11 is 19.1. The summed E-state index contributed by atoms with van der Waals surface area (Å²) in [7, 11) is 0. The van der Waals surface area contributed by atoms with Crippen LogP contribution in [0.4, 0.5) is 5.69 Å². The smallest absolute Gasteiger partial charge is 0.234 e. The summed E-state index contributed by atoms with van der Waals surface area (Å²) in [6.07, 6.45) is 0. The molecule has 0 saturated carbocycles. The van der Waals surface area contributed by atoms with Crippen LogP contribution in [0.25, 0.3) is 10.9 Å². The lowest BCUT2D eigenvalue weighted by atomic mass is 10.1. The number of carbonyl (C=O) groups excluding carboxylic acids is 1. The molecule has 3 aromatic rings. The Hall–Kier alpha value is -1.97. The number of fused-ring (bicyclic) bond motifs is 1. The lowest BCUT2D eigenvalue weighted by Crippen LogP contribution is -2.14. The van der Waals surface area contributed by atoms with Crippen molar-refractivity contribution >= 4 is 69.1 Å². The minimum Gasteiger partial charge on any atom is -0.324 e. The number of thioether (sulfide) groups is 1. The number of benzene rings is 2. The van der Waals surface area contributed by atoms with Crippen molar-refractivity contribution in [1.82, 2.24) is 4.98 Å². The number of aromatic nitrogens is 1. The second-order valence-electron chi connectivity index (χ2n) is 5.73. The number of nitrogens with one attached hydrogen (secondary N) is 1. The molecule has 0 saturated heterocycles. The minimum absolute atomic E-state index is 0.0651. The number of halogens is 3. The van der Waals surface area contributed by atoms with Crippen LogP contribution >= 0.6 is 46.6 Å². The van der Waals surface area contributed by atoms with Gasteiger partial charge in [0, 0.05) is 5.39 Å². The van der Waals surface area contributed by atoms with Crippen LogP contribution in [0.5, 0.6) is 0 Å². The van der Waals surface area contributed by atoms with Crippen LogP contribution in [-0.4, -0.2) is 16.6 Å². The van der Waals surface area contributed by atoms with E-state index in [1.54, 1.807) is 6.07 Å². The number of pyridine rings is 1. The van der Waals surface area contributed by atoms with Crippen molar-refractivity contribution < 1.29 is 4.79 Å². The van der Waals surface area contributed by atoms with Crippen LogP contribution in [0.15, 0.2) is 41.4 Å². The molecule has 136 valence electrons. The number of rotatable bonds is 4. The maximum absolute atomic E-state index is 12.3. The van der Waals surface area contributed by atoms with E-state index in [1.807, 2.05) is 25.1 Å². The molecule has 0 spiro atoms. The average molecular weight is 437 g/mol. The van der Waals surface area contributed by atoms with E-state index in [-0.39, 0.29) is 11.7 Å². The van der Waals surface area contributed by atoms with Gasteiger partial charge in [0.15, 0.2) is 0 Å². The molecule has 0 radical (unpaired) electrons. The molecule has 0 unspecified atom stereocenters. The molecule has 0 fully saturated rings. The highest BCUT2D eigenvalue weighted by atomic mass is 35.5. The van der Waals surface area contributed by atoms with Gasteiger partial charge in [-0.15, -0.1) is 0 Å². The molecule has 1 aromatic heterocycles. The second-order valence-corrected chi connectivity index (χ2v) is 7.92. The normalized spacial score (nSPS) is 10.6. The Morgan fingerprint density at radius 3 is 2.63 bits per heavy atom. The molecule has 8 heteroatoms. The fraction of sp³-hybridized carbons (Fsp3) is 0.105. The molecule has 1 N–H and O–H groups in total. The summed E-state index contributed by atoms with van der Waals surface area (Å²) in [6, 6.07) is 12.7. The molecule has 2 aromatic carbocycles. The van der Waals surface area contributed by atoms with Gasteiger partial charge in [-0.2, -0.15) is 5.26 Å². The SMILES string of the molecule is Cc1ccc2cc(C#N)c(SCC(=O)Nc3cc(Cl)c(Cl)cc3Cl)nc2c1. The fourth-order valence-corrected chi connectivity index (χ4v) is 3.75. The first-order valence-electron chi connectivity index (χ1n) is 7.76. The highest BCUT2D eigenvalue weighted by molar-refractivity contribution is 8.00. The molecule has 0 bridgehead atoms. The van der Waals surface area contributed by atoms with Crippen LogP contribution in [0.1, 0.15) is 11.1 Å². The number of hydrogen-bond acceptors (Lipinski definition) is 4. The standard InChI is InChI=1S/C19H12Cl3N3OS/c1-10-2-3-11-5-12(8-23)19(25-16(11)4-10)27-9-18(26)24-17-7-14(21)13(20)6-15(17)22/h2-7H,9H2,1H3,(H,24,26). The van der Waals surface area contributed by atoms with Crippen molar-refractivity contribution in [1.29, 1.82) is 5.26 Å². The quantitative estimate of drug-likeness (QED) is 0.396. The molecule has 4 nitrogen and oxygen atoms in total. The Morgan fingerprint density at radius 2 is 1.89 bits per heavy atom. The summed E-state index contributed by atoms with van der Waals surface area (Å²) in [5, 5.41) is 14.3. The van der Waals surface area contributed by atoms with Gasteiger partial charge in [0.25, 0.3) is 0 Å². The maximum atomic E-state index is 12.3. The zero-order valence-electron chi connectivity index (χ0n) is 14.0. The molecular weight excluding hydrogens is 425 g/mol. The highest BCUT2D eigenvalue weighted by Crippen LogP contribution is 2.32.